The number of nitrogens with two attached hydrogens (primary N) is 1. The summed E-state index contributed by atoms with van der Waals surface area (Å²) in [5, 5.41) is 0.624. The molecule has 0 spiro atoms. The molecule has 2 aromatic rings. The van der Waals surface area contributed by atoms with Crippen LogP contribution in [0.25, 0.3) is 0 Å². The number of methoxy groups -OCH3 is 1. The number of ether oxygens (including phenoxy) is 2. The smallest absolute Gasteiger partial charge is 0.232 e. The minimum atomic E-state index is -0.805. The summed E-state index contributed by atoms with van der Waals surface area (Å²) >= 11 is 6.89. The topological polar surface area (TPSA) is 77.1 Å². The Morgan fingerprint density at radius 1 is 1.28 bits per heavy atom. The van der Waals surface area contributed by atoms with Gasteiger partial charge in [-0.25, -0.2) is 4.99 Å². The average Bonchev–Trinajstić information content (AvgIpc) is 2.75. The Balaban J connectivity index is 1.65. The van der Waals surface area contributed by atoms with Gasteiger partial charge in [-0.1, -0.05) is 35.9 Å². The van der Waals surface area contributed by atoms with Crippen molar-refractivity contribution >= 4 is 23.5 Å². The number of amides is 1. The SMILES string of the molecule is COc1cc(C)cc(Cc2cccc([C@]3(C)CC(=O)N(C4CCOCC4)C(N)=N3)c2Cl)c1. The lowest BCUT2D eigenvalue weighted by Gasteiger charge is -2.40. The molecule has 1 atom stereocenters. The van der Waals surface area contributed by atoms with Crippen molar-refractivity contribution in [2.45, 2.75) is 51.1 Å². The van der Waals surface area contributed by atoms with Crippen LogP contribution in [0.15, 0.2) is 41.4 Å². The highest BCUT2D eigenvalue weighted by atomic mass is 35.5. The quantitative estimate of drug-likeness (QED) is 0.733. The summed E-state index contributed by atoms with van der Waals surface area (Å²) in [6.07, 6.45) is 2.43. The standard InChI is InChI=1S/C25H30ClN3O3/c1-16-11-17(14-20(12-16)31-3)13-18-5-4-6-21(23(18)26)25(2)15-22(30)29(24(27)28-25)19-7-9-32-10-8-19/h4-6,11-12,14,19H,7-10,13,15H2,1-3H3,(H2,27,28)/t25-/m0/s1. The van der Waals surface area contributed by atoms with E-state index in [-0.39, 0.29) is 24.3 Å². The summed E-state index contributed by atoms with van der Waals surface area (Å²) < 4.78 is 10.8. The first kappa shape index (κ1) is 22.6. The van der Waals surface area contributed by atoms with Crippen LogP contribution >= 0.6 is 11.6 Å². The molecular weight excluding hydrogens is 426 g/mol. The number of carbonyl (C=O) groups is 1. The molecule has 2 heterocycles. The van der Waals surface area contributed by atoms with Crippen molar-refractivity contribution in [2.24, 2.45) is 10.7 Å². The van der Waals surface area contributed by atoms with E-state index in [0.717, 1.165) is 40.8 Å². The van der Waals surface area contributed by atoms with Crippen LogP contribution in [-0.2, 0) is 21.5 Å². The first-order valence-corrected chi connectivity index (χ1v) is 11.4. The number of guanidine groups is 1. The highest BCUT2D eigenvalue weighted by Gasteiger charge is 2.41. The third-order valence-corrected chi connectivity index (χ3v) is 6.77. The Bertz CT molecular complexity index is 1050. The maximum Gasteiger partial charge on any atom is 0.232 e. The first-order chi connectivity index (χ1) is 15.3. The Kier molecular flexibility index (Phi) is 6.45. The zero-order chi connectivity index (χ0) is 22.9. The van der Waals surface area contributed by atoms with Crippen molar-refractivity contribution < 1.29 is 14.3 Å². The molecule has 32 heavy (non-hydrogen) atoms. The number of hydrogen-bond acceptors (Lipinski definition) is 5. The van der Waals surface area contributed by atoms with Gasteiger partial charge < -0.3 is 15.2 Å². The minimum Gasteiger partial charge on any atom is -0.497 e. The van der Waals surface area contributed by atoms with Crippen LogP contribution in [0.4, 0.5) is 0 Å². The molecule has 1 fully saturated rings. The minimum absolute atomic E-state index is 0.0169. The van der Waals surface area contributed by atoms with Crippen molar-refractivity contribution in [1.29, 1.82) is 0 Å². The van der Waals surface area contributed by atoms with E-state index in [1.807, 2.05) is 44.2 Å². The maximum atomic E-state index is 13.2. The van der Waals surface area contributed by atoms with Crippen LogP contribution in [0.3, 0.4) is 0 Å². The third kappa shape index (κ3) is 4.48. The number of benzene rings is 2. The summed E-state index contributed by atoms with van der Waals surface area (Å²) in [6.45, 7) is 5.24. The molecule has 1 amide bonds. The highest BCUT2D eigenvalue weighted by Crippen LogP contribution is 2.40. The fourth-order valence-corrected chi connectivity index (χ4v) is 5.14. The van der Waals surface area contributed by atoms with Gasteiger partial charge >= 0.3 is 0 Å². The number of hydrogen-bond donors (Lipinski definition) is 1. The second kappa shape index (κ2) is 9.12. The fraction of sp³-hybridized carbons (Fsp3) is 0.440. The highest BCUT2D eigenvalue weighted by molar-refractivity contribution is 6.32. The summed E-state index contributed by atoms with van der Waals surface area (Å²) in [7, 11) is 1.67. The summed E-state index contributed by atoms with van der Waals surface area (Å²) in [5.74, 6) is 1.07. The lowest BCUT2D eigenvalue weighted by Crippen LogP contribution is -2.55. The van der Waals surface area contributed by atoms with E-state index in [9.17, 15) is 4.79 Å². The van der Waals surface area contributed by atoms with Crippen molar-refractivity contribution in [3.8, 4) is 5.75 Å². The Hall–Kier alpha value is -2.57. The van der Waals surface area contributed by atoms with E-state index in [1.165, 1.54) is 0 Å². The largest absolute Gasteiger partial charge is 0.497 e. The molecular formula is C25H30ClN3O3. The van der Waals surface area contributed by atoms with Gasteiger partial charge in [0.1, 0.15) is 5.75 Å². The van der Waals surface area contributed by atoms with Crippen molar-refractivity contribution in [2.75, 3.05) is 20.3 Å². The van der Waals surface area contributed by atoms with Crippen molar-refractivity contribution in [1.82, 2.24) is 4.90 Å². The van der Waals surface area contributed by atoms with Crippen LogP contribution < -0.4 is 10.5 Å². The van der Waals surface area contributed by atoms with E-state index < -0.39 is 5.54 Å². The zero-order valence-electron chi connectivity index (χ0n) is 18.9. The van der Waals surface area contributed by atoms with Crippen LogP contribution in [0.2, 0.25) is 5.02 Å². The number of carbonyl (C=O) groups excluding carboxylic acids is 1. The van der Waals surface area contributed by atoms with Gasteiger partial charge in [0.25, 0.3) is 0 Å². The zero-order valence-corrected chi connectivity index (χ0v) is 19.6. The molecule has 0 radical (unpaired) electrons. The lowest BCUT2D eigenvalue weighted by molar-refractivity contribution is -0.132. The molecule has 2 aliphatic heterocycles. The third-order valence-electron chi connectivity index (χ3n) is 6.33. The molecule has 2 aromatic carbocycles. The van der Waals surface area contributed by atoms with Gasteiger partial charge in [-0.2, -0.15) is 0 Å². The predicted octanol–water partition coefficient (Wildman–Crippen LogP) is 4.19. The second-order valence-electron chi connectivity index (χ2n) is 8.84. The van der Waals surface area contributed by atoms with Gasteiger partial charge in [-0.05, 0) is 67.5 Å². The van der Waals surface area contributed by atoms with Crippen molar-refractivity contribution in [3.63, 3.8) is 0 Å². The van der Waals surface area contributed by atoms with Gasteiger partial charge in [-0.15, -0.1) is 0 Å². The second-order valence-corrected chi connectivity index (χ2v) is 9.22. The number of rotatable bonds is 5. The van der Waals surface area contributed by atoms with Crippen LogP contribution in [0.1, 0.15) is 48.4 Å². The number of aryl methyl sites for hydroxylation is 1. The maximum absolute atomic E-state index is 13.2. The summed E-state index contributed by atoms with van der Waals surface area (Å²) in [6, 6.07) is 12.1. The molecule has 0 bridgehead atoms. The lowest BCUT2D eigenvalue weighted by atomic mass is 9.85. The molecule has 2 aliphatic rings. The fourth-order valence-electron chi connectivity index (χ4n) is 4.74. The monoisotopic (exact) mass is 455 g/mol. The van der Waals surface area contributed by atoms with Gasteiger partial charge in [0.2, 0.25) is 5.91 Å². The number of nitrogens with zero attached hydrogens (tertiary/aromatic N) is 2. The number of aliphatic imine (C=N–C) groups is 1. The molecule has 170 valence electrons. The van der Waals surface area contributed by atoms with E-state index in [4.69, 9.17) is 31.8 Å². The molecule has 2 N–H and O–H groups in total. The molecule has 0 aromatic heterocycles. The molecule has 7 heteroatoms. The Morgan fingerprint density at radius 2 is 2.03 bits per heavy atom. The van der Waals surface area contributed by atoms with Gasteiger partial charge in [-0.3, -0.25) is 9.69 Å². The van der Waals surface area contributed by atoms with E-state index >= 15 is 0 Å². The van der Waals surface area contributed by atoms with Crippen LogP contribution in [0, 0.1) is 6.92 Å². The molecule has 0 saturated carbocycles. The normalized spacial score (nSPS) is 22.1. The molecule has 4 rings (SSSR count). The van der Waals surface area contributed by atoms with Gasteiger partial charge in [0.15, 0.2) is 5.96 Å². The van der Waals surface area contributed by atoms with Crippen LogP contribution in [0.5, 0.6) is 5.75 Å². The molecule has 0 aliphatic carbocycles. The first-order valence-electron chi connectivity index (χ1n) is 11.0. The van der Waals surface area contributed by atoms with Gasteiger partial charge in [0, 0.05) is 24.3 Å². The van der Waals surface area contributed by atoms with E-state index in [0.29, 0.717) is 24.7 Å². The summed E-state index contributed by atoms with van der Waals surface area (Å²) in [4.78, 5) is 19.6. The molecule has 6 nitrogen and oxygen atoms in total. The summed E-state index contributed by atoms with van der Waals surface area (Å²) in [5.41, 5.74) is 9.56. The predicted molar refractivity (Wildman–Crippen MR) is 126 cm³/mol. The molecule has 1 saturated heterocycles. The Labute approximate surface area is 194 Å². The van der Waals surface area contributed by atoms with Gasteiger partial charge in [0.05, 0.1) is 19.1 Å². The van der Waals surface area contributed by atoms with Crippen molar-refractivity contribution in [3.05, 3.63) is 63.7 Å². The number of halogens is 1. The average molecular weight is 456 g/mol. The van der Waals surface area contributed by atoms with E-state index in [1.54, 1.807) is 12.0 Å². The Morgan fingerprint density at radius 3 is 2.72 bits per heavy atom. The van der Waals surface area contributed by atoms with E-state index in [2.05, 4.69) is 6.07 Å². The van der Waals surface area contributed by atoms with Crippen LogP contribution in [-0.4, -0.2) is 43.1 Å². The molecule has 0 unspecified atom stereocenters.